The van der Waals surface area contributed by atoms with Gasteiger partial charge in [0.2, 0.25) is 0 Å². The van der Waals surface area contributed by atoms with Crippen LogP contribution in [0.1, 0.15) is 71.1 Å². The lowest BCUT2D eigenvalue weighted by Crippen LogP contribution is -1.86. The maximum atomic E-state index is 5.93. The van der Waals surface area contributed by atoms with Gasteiger partial charge in [-0.2, -0.15) is 0 Å². The lowest BCUT2D eigenvalue weighted by Gasteiger charge is -2.04. The number of para-hydroxylation sites is 1. The van der Waals surface area contributed by atoms with E-state index in [1.807, 2.05) is 33.7 Å². The molecule has 0 aliphatic heterocycles. The Bertz CT molecular complexity index is 355. The van der Waals surface area contributed by atoms with Crippen LogP contribution < -0.4 is 5.73 Å². The Balaban J connectivity index is 1.84. The molecular weight excluding hydrogens is 294 g/mol. The van der Waals surface area contributed by atoms with E-state index in [2.05, 4.69) is 19.1 Å². The molecule has 0 unspecified atom stereocenters. The molecule has 0 aliphatic carbocycles. The quantitative estimate of drug-likeness (QED) is 0.242. The molecule has 3 heteroatoms. The lowest BCUT2D eigenvalue weighted by molar-refractivity contribution is 0.563. The third-order valence-corrected chi connectivity index (χ3v) is 6.17. The zero-order valence-corrected chi connectivity index (χ0v) is 15.1. The number of hydrogen-bond acceptors (Lipinski definition) is 3. The monoisotopic (exact) mass is 325 g/mol. The first kappa shape index (κ1) is 18.8. The first-order valence-electron chi connectivity index (χ1n) is 8.48. The predicted molar refractivity (Wildman–Crippen MR) is 101 cm³/mol. The van der Waals surface area contributed by atoms with E-state index in [0.717, 1.165) is 5.69 Å². The van der Waals surface area contributed by atoms with Crippen molar-refractivity contribution in [2.75, 3.05) is 11.5 Å². The van der Waals surface area contributed by atoms with Crippen LogP contribution in [-0.4, -0.2) is 5.75 Å². The molecule has 1 aromatic rings. The lowest BCUT2D eigenvalue weighted by atomic mass is 10.1. The number of nitrogens with two attached hydrogens (primary N) is 1. The van der Waals surface area contributed by atoms with Crippen molar-refractivity contribution in [2.24, 2.45) is 0 Å². The van der Waals surface area contributed by atoms with Crippen LogP contribution in [0.5, 0.6) is 0 Å². The van der Waals surface area contributed by atoms with Gasteiger partial charge in [-0.05, 0) is 18.6 Å². The fourth-order valence-corrected chi connectivity index (χ4v) is 4.58. The van der Waals surface area contributed by atoms with Crippen LogP contribution in [0.2, 0.25) is 0 Å². The van der Waals surface area contributed by atoms with E-state index >= 15 is 0 Å². The normalized spacial score (nSPS) is 10.9. The summed E-state index contributed by atoms with van der Waals surface area (Å²) in [5.41, 5.74) is 6.83. The molecule has 1 aromatic carbocycles. The molecule has 21 heavy (non-hydrogen) atoms. The summed E-state index contributed by atoms with van der Waals surface area (Å²) in [6.45, 7) is 2.28. The molecular formula is C18H31NS2. The van der Waals surface area contributed by atoms with Gasteiger partial charge in [0, 0.05) is 16.3 Å². The van der Waals surface area contributed by atoms with E-state index in [4.69, 9.17) is 5.73 Å². The van der Waals surface area contributed by atoms with Gasteiger partial charge in [0.25, 0.3) is 0 Å². The molecule has 0 atom stereocenters. The van der Waals surface area contributed by atoms with E-state index in [0.29, 0.717) is 0 Å². The summed E-state index contributed by atoms with van der Waals surface area (Å²) in [5.74, 6) is 1.23. The molecule has 0 saturated heterocycles. The van der Waals surface area contributed by atoms with Crippen molar-refractivity contribution in [1.82, 2.24) is 0 Å². The Kier molecular flexibility index (Phi) is 12.0. The smallest absolute Gasteiger partial charge is 0.0460 e. The van der Waals surface area contributed by atoms with Crippen LogP contribution in [0.4, 0.5) is 5.69 Å². The van der Waals surface area contributed by atoms with Crippen LogP contribution >= 0.6 is 21.6 Å². The summed E-state index contributed by atoms with van der Waals surface area (Å²) in [6.07, 6.45) is 14.1. The molecule has 0 amide bonds. The van der Waals surface area contributed by atoms with Gasteiger partial charge in [0.15, 0.2) is 0 Å². The minimum absolute atomic E-state index is 0.901. The molecule has 0 heterocycles. The minimum atomic E-state index is 0.901. The number of nitrogen functional groups attached to an aromatic ring is 1. The predicted octanol–water partition coefficient (Wildman–Crippen LogP) is 6.93. The number of rotatable bonds is 13. The largest absolute Gasteiger partial charge is 0.398 e. The van der Waals surface area contributed by atoms with Gasteiger partial charge in [-0.3, -0.25) is 0 Å². The van der Waals surface area contributed by atoms with Crippen LogP contribution in [0, 0.1) is 0 Å². The Morgan fingerprint density at radius 1 is 0.810 bits per heavy atom. The molecule has 0 bridgehead atoms. The molecule has 0 saturated carbocycles. The fourth-order valence-electron chi connectivity index (χ4n) is 2.31. The van der Waals surface area contributed by atoms with Gasteiger partial charge in [0.1, 0.15) is 0 Å². The molecule has 0 aromatic heterocycles. The van der Waals surface area contributed by atoms with Crippen molar-refractivity contribution in [2.45, 2.75) is 76.0 Å². The maximum absolute atomic E-state index is 5.93. The number of anilines is 1. The van der Waals surface area contributed by atoms with E-state index in [-0.39, 0.29) is 0 Å². The second-order valence-electron chi connectivity index (χ2n) is 5.63. The molecule has 1 nitrogen and oxygen atoms in total. The first-order chi connectivity index (χ1) is 10.3. The van der Waals surface area contributed by atoms with Crippen molar-refractivity contribution in [3.8, 4) is 0 Å². The molecule has 0 fully saturated rings. The van der Waals surface area contributed by atoms with E-state index < -0.39 is 0 Å². The summed E-state index contributed by atoms with van der Waals surface area (Å²) in [7, 11) is 3.75. The minimum Gasteiger partial charge on any atom is -0.398 e. The van der Waals surface area contributed by atoms with E-state index in [1.54, 1.807) is 0 Å². The van der Waals surface area contributed by atoms with Crippen LogP contribution in [0.25, 0.3) is 0 Å². The van der Waals surface area contributed by atoms with E-state index in [1.165, 1.54) is 74.9 Å². The van der Waals surface area contributed by atoms with Gasteiger partial charge in [-0.1, -0.05) is 98.4 Å². The average Bonchev–Trinajstić information content (AvgIpc) is 2.50. The zero-order chi connectivity index (χ0) is 15.2. The molecule has 120 valence electrons. The van der Waals surface area contributed by atoms with E-state index in [9.17, 15) is 0 Å². The highest BCUT2D eigenvalue weighted by Gasteiger charge is 1.99. The second kappa shape index (κ2) is 13.4. The highest BCUT2D eigenvalue weighted by Crippen LogP contribution is 2.35. The summed E-state index contributed by atoms with van der Waals surface area (Å²) in [5, 5.41) is 0. The fraction of sp³-hybridized carbons (Fsp3) is 0.667. The Morgan fingerprint density at radius 3 is 2.00 bits per heavy atom. The third kappa shape index (κ3) is 10.1. The van der Waals surface area contributed by atoms with Crippen LogP contribution in [0.15, 0.2) is 29.2 Å². The van der Waals surface area contributed by atoms with Gasteiger partial charge in [-0.15, -0.1) is 0 Å². The van der Waals surface area contributed by atoms with Crippen molar-refractivity contribution in [1.29, 1.82) is 0 Å². The Hall–Kier alpha value is -0.280. The van der Waals surface area contributed by atoms with Crippen molar-refractivity contribution in [3.05, 3.63) is 24.3 Å². The Morgan fingerprint density at radius 2 is 1.38 bits per heavy atom. The summed E-state index contributed by atoms with van der Waals surface area (Å²) >= 11 is 0. The summed E-state index contributed by atoms with van der Waals surface area (Å²) in [6, 6.07) is 8.13. The first-order valence-corrected chi connectivity index (χ1v) is 10.8. The number of benzene rings is 1. The summed E-state index contributed by atoms with van der Waals surface area (Å²) < 4.78 is 0. The SMILES string of the molecule is CCCCCCCCCCCCSSc1ccccc1N. The number of hydrogen-bond donors (Lipinski definition) is 1. The number of unbranched alkanes of at least 4 members (excludes halogenated alkanes) is 9. The second-order valence-corrected chi connectivity index (χ2v) is 8.08. The average molecular weight is 326 g/mol. The van der Waals surface area contributed by atoms with Gasteiger partial charge in [-0.25, -0.2) is 0 Å². The standard InChI is InChI=1S/C18H31NS2/c1-2-3-4-5-6-7-8-9-10-13-16-20-21-18-15-12-11-14-17(18)19/h11-12,14-15H,2-10,13,16,19H2,1H3. The highest BCUT2D eigenvalue weighted by atomic mass is 33.1. The third-order valence-electron chi connectivity index (χ3n) is 3.65. The topological polar surface area (TPSA) is 26.0 Å². The van der Waals surface area contributed by atoms with Crippen molar-refractivity contribution < 1.29 is 0 Å². The van der Waals surface area contributed by atoms with Gasteiger partial charge >= 0.3 is 0 Å². The molecule has 0 spiro atoms. The zero-order valence-electron chi connectivity index (χ0n) is 13.5. The highest BCUT2D eigenvalue weighted by molar-refractivity contribution is 8.76. The molecule has 2 N–H and O–H groups in total. The summed E-state index contributed by atoms with van der Waals surface area (Å²) in [4.78, 5) is 1.20. The van der Waals surface area contributed by atoms with Crippen molar-refractivity contribution >= 4 is 27.3 Å². The van der Waals surface area contributed by atoms with Gasteiger partial charge < -0.3 is 5.73 Å². The molecule has 0 radical (unpaired) electrons. The maximum Gasteiger partial charge on any atom is 0.0460 e. The van der Waals surface area contributed by atoms with Crippen LogP contribution in [0.3, 0.4) is 0 Å². The van der Waals surface area contributed by atoms with Gasteiger partial charge in [0.05, 0.1) is 0 Å². The van der Waals surface area contributed by atoms with Crippen LogP contribution in [-0.2, 0) is 0 Å². The molecule has 0 aliphatic rings. The molecule has 1 rings (SSSR count). The Labute approximate surface area is 139 Å². The van der Waals surface area contributed by atoms with Crippen molar-refractivity contribution in [3.63, 3.8) is 0 Å².